The molecule has 1 atom stereocenters. The molecule has 0 saturated heterocycles. The minimum absolute atomic E-state index is 0.187. The molecule has 2 aromatic rings. The SMILES string of the molecule is COc1ccc(C(O)CSc2cccc(C)c2)cc1F. The van der Waals surface area contributed by atoms with E-state index in [4.69, 9.17) is 4.74 Å². The summed E-state index contributed by atoms with van der Waals surface area (Å²) in [6.45, 7) is 2.03. The Morgan fingerprint density at radius 3 is 2.70 bits per heavy atom. The molecular weight excluding hydrogens is 275 g/mol. The van der Waals surface area contributed by atoms with E-state index >= 15 is 0 Å². The van der Waals surface area contributed by atoms with Crippen molar-refractivity contribution in [2.75, 3.05) is 12.9 Å². The van der Waals surface area contributed by atoms with Gasteiger partial charge in [-0.3, -0.25) is 0 Å². The van der Waals surface area contributed by atoms with Crippen LogP contribution in [0.25, 0.3) is 0 Å². The zero-order valence-corrected chi connectivity index (χ0v) is 12.3. The smallest absolute Gasteiger partial charge is 0.165 e. The molecule has 0 fully saturated rings. The molecule has 2 nitrogen and oxygen atoms in total. The number of halogens is 1. The Kier molecular flexibility index (Phi) is 5.04. The first-order chi connectivity index (χ1) is 9.60. The average Bonchev–Trinajstić information content (AvgIpc) is 2.44. The minimum atomic E-state index is -0.707. The van der Waals surface area contributed by atoms with Gasteiger partial charge in [-0.2, -0.15) is 0 Å². The van der Waals surface area contributed by atoms with E-state index in [9.17, 15) is 9.50 Å². The van der Waals surface area contributed by atoms with Gasteiger partial charge in [0.2, 0.25) is 0 Å². The number of hydrogen-bond donors (Lipinski definition) is 1. The van der Waals surface area contributed by atoms with Crippen molar-refractivity contribution in [1.82, 2.24) is 0 Å². The van der Waals surface area contributed by atoms with Gasteiger partial charge in [0.15, 0.2) is 11.6 Å². The van der Waals surface area contributed by atoms with Crippen LogP contribution in [0.3, 0.4) is 0 Å². The monoisotopic (exact) mass is 292 g/mol. The molecule has 2 rings (SSSR count). The van der Waals surface area contributed by atoms with Crippen molar-refractivity contribution < 1.29 is 14.2 Å². The minimum Gasteiger partial charge on any atom is -0.494 e. The van der Waals surface area contributed by atoms with E-state index in [-0.39, 0.29) is 5.75 Å². The van der Waals surface area contributed by atoms with Gasteiger partial charge in [0, 0.05) is 10.6 Å². The molecule has 20 heavy (non-hydrogen) atoms. The van der Waals surface area contributed by atoms with Gasteiger partial charge in [-0.25, -0.2) is 4.39 Å². The Balaban J connectivity index is 2.01. The number of aryl methyl sites for hydroxylation is 1. The Morgan fingerprint density at radius 2 is 2.05 bits per heavy atom. The molecule has 0 amide bonds. The summed E-state index contributed by atoms with van der Waals surface area (Å²) in [6.07, 6.45) is -0.707. The van der Waals surface area contributed by atoms with Gasteiger partial charge in [0.25, 0.3) is 0 Å². The molecule has 0 aliphatic rings. The van der Waals surface area contributed by atoms with Crippen molar-refractivity contribution in [2.24, 2.45) is 0 Å². The highest BCUT2D eigenvalue weighted by Gasteiger charge is 2.11. The molecule has 0 heterocycles. The lowest BCUT2D eigenvalue weighted by atomic mass is 10.1. The fourth-order valence-corrected chi connectivity index (χ4v) is 2.85. The summed E-state index contributed by atoms with van der Waals surface area (Å²) in [5, 5.41) is 10.1. The van der Waals surface area contributed by atoms with Gasteiger partial charge in [-0.05, 0) is 36.8 Å². The number of rotatable bonds is 5. The van der Waals surface area contributed by atoms with E-state index in [1.54, 1.807) is 17.8 Å². The largest absolute Gasteiger partial charge is 0.494 e. The fourth-order valence-electron chi connectivity index (χ4n) is 1.87. The molecule has 0 aromatic heterocycles. The van der Waals surface area contributed by atoms with E-state index in [1.165, 1.54) is 24.8 Å². The molecule has 0 radical (unpaired) electrons. The highest BCUT2D eigenvalue weighted by atomic mass is 32.2. The fraction of sp³-hybridized carbons (Fsp3) is 0.250. The number of thioether (sulfide) groups is 1. The van der Waals surface area contributed by atoms with Crippen LogP contribution in [0.5, 0.6) is 5.75 Å². The Morgan fingerprint density at radius 1 is 1.25 bits per heavy atom. The summed E-state index contributed by atoms with van der Waals surface area (Å²) < 4.78 is 18.4. The maximum Gasteiger partial charge on any atom is 0.165 e. The number of aliphatic hydroxyl groups excluding tert-OH is 1. The summed E-state index contributed by atoms with van der Waals surface area (Å²) in [4.78, 5) is 1.10. The zero-order valence-electron chi connectivity index (χ0n) is 11.5. The first-order valence-electron chi connectivity index (χ1n) is 6.31. The Bertz CT molecular complexity index is 586. The van der Waals surface area contributed by atoms with E-state index in [2.05, 4.69) is 6.07 Å². The van der Waals surface area contributed by atoms with Crippen molar-refractivity contribution >= 4 is 11.8 Å². The topological polar surface area (TPSA) is 29.5 Å². The summed E-state index contributed by atoms with van der Waals surface area (Å²) in [7, 11) is 1.42. The van der Waals surface area contributed by atoms with Crippen LogP contribution in [0, 0.1) is 12.7 Å². The van der Waals surface area contributed by atoms with Crippen molar-refractivity contribution in [3.8, 4) is 5.75 Å². The molecule has 106 valence electrons. The zero-order chi connectivity index (χ0) is 14.5. The van der Waals surface area contributed by atoms with Crippen LogP contribution >= 0.6 is 11.8 Å². The molecule has 0 aliphatic carbocycles. The van der Waals surface area contributed by atoms with Crippen LogP contribution in [0.15, 0.2) is 47.4 Å². The van der Waals surface area contributed by atoms with Crippen LogP contribution in [0.4, 0.5) is 4.39 Å². The highest BCUT2D eigenvalue weighted by Crippen LogP contribution is 2.27. The van der Waals surface area contributed by atoms with Gasteiger partial charge in [0.1, 0.15) is 0 Å². The molecule has 0 spiro atoms. The number of aliphatic hydroxyl groups is 1. The normalized spacial score (nSPS) is 12.2. The third-order valence-corrected chi connectivity index (χ3v) is 4.03. The standard InChI is InChI=1S/C16H17FO2S/c1-11-4-3-5-13(8-11)20-10-15(18)12-6-7-16(19-2)14(17)9-12/h3-9,15,18H,10H2,1-2H3. The number of benzene rings is 2. The van der Waals surface area contributed by atoms with Gasteiger partial charge in [-0.1, -0.05) is 23.8 Å². The number of ether oxygens (including phenoxy) is 1. The molecular formula is C16H17FO2S. The third-order valence-electron chi connectivity index (χ3n) is 2.96. The van der Waals surface area contributed by atoms with E-state index in [0.717, 1.165) is 4.90 Å². The van der Waals surface area contributed by atoms with Crippen molar-refractivity contribution in [1.29, 1.82) is 0 Å². The van der Waals surface area contributed by atoms with Crippen LogP contribution < -0.4 is 4.74 Å². The van der Waals surface area contributed by atoms with Crippen LogP contribution in [-0.2, 0) is 0 Å². The molecule has 2 aromatic carbocycles. The predicted molar refractivity (Wildman–Crippen MR) is 79.8 cm³/mol. The van der Waals surface area contributed by atoms with Crippen molar-refractivity contribution in [2.45, 2.75) is 17.9 Å². The summed E-state index contributed by atoms with van der Waals surface area (Å²) in [5.74, 6) is 0.215. The number of hydrogen-bond acceptors (Lipinski definition) is 3. The second-order valence-electron chi connectivity index (χ2n) is 4.54. The van der Waals surface area contributed by atoms with Gasteiger partial charge >= 0.3 is 0 Å². The molecule has 4 heteroatoms. The molecule has 1 N–H and O–H groups in total. The van der Waals surface area contributed by atoms with Crippen molar-refractivity contribution in [3.63, 3.8) is 0 Å². The second-order valence-corrected chi connectivity index (χ2v) is 5.63. The van der Waals surface area contributed by atoms with Crippen LogP contribution in [0.2, 0.25) is 0 Å². The quantitative estimate of drug-likeness (QED) is 0.846. The highest BCUT2D eigenvalue weighted by molar-refractivity contribution is 7.99. The molecule has 1 unspecified atom stereocenters. The Hall–Kier alpha value is -1.52. The van der Waals surface area contributed by atoms with E-state index in [0.29, 0.717) is 11.3 Å². The third kappa shape index (κ3) is 3.74. The lowest BCUT2D eigenvalue weighted by molar-refractivity contribution is 0.203. The van der Waals surface area contributed by atoms with Crippen LogP contribution in [-0.4, -0.2) is 18.0 Å². The average molecular weight is 292 g/mol. The summed E-state index contributed by atoms with van der Waals surface area (Å²) in [6, 6.07) is 12.6. The maximum atomic E-state index is 13.6. The van der Waals surface area contributed by atoms with Crippen molar-refractivity contribution in [3.05, 3.63) is 59.4 Å². The van der Waals surface area contributed by atoms with E-state index < -0.39 is 11.9 Å². The van der Waals surface area contributed by atoms with Gasteiger partial charge < -0.3 is 9.84 Å². The van der Waals surface area contributed by atoms with Crippen LogP contribution in [0.1, 0.15) is 17.2 Å². The lowest BCUT2D eigenvalue weighted by Gasteiger charge is -2.12. The van der Waals surface area contributed by atoms with E-state index in [1.807, 2.05) is 25.1 Å². The van der Waals surface area contributed by atoms with Gasteiger partial charge in [-0.15, -0.1) is 11.8 Å². The summed E-state index contributed by atoms with van der Waals surface area (Å²) >= 11 is 1.55. The molecule has 0 saturated carbocycles. The number of methoxy groups -OCH3 is 1. The lowest BCUT2D eigenvalue weighted by Crippen LogP contribution is -2.01. The van der Waals surface area contributed by atoms with Gasteiger partial charge in [0.05, 0.1) is 13.2 Å². The first-order valence-corrected chi connectivity index (χ1v) is 7.29. The molecule has 0 bridgehead atoms. The first kappa shape index (κ1) is 14.9. The maximum absolute atomic E-state index is 13.6. The molecule has 0 aliphatic heterocycles. The predicted octanol–water partition coefficient (Wildman–Crippen LogP) is 3.97. The summed E-state index contributed by atoms with van der Waals surface area (Å²) in [5.41, 5.74) is 1.74. The Labute approximate surface area is 122 Å². The second kappa shape index (κ2) is 6.77.